The third kappa shape index (κ3) is 3.40. The third-order valence-corrected chi connectivity index (χ3v) is 4.60. The van der Waals surface area contributed by atoms with Crippen LogP contribution in [0.25, 0.3) is 11.5 Å². The zero-order valence-corrected chi connectivity index (χ0v) is 14.2. The van der Waals surface area contributed by atoms with E-state index in [1.54, 1.807) is 30.7 Å². The summed E-state index contributed by atoms with van der Waals surface area (Å²) in [5.74, 6) is 1.12. The Morgan fingerprint density at radius 2 is 2.12 bits per heavy atom. The molecule has 4 rings (SSSR count). The molecule has 1 fully saturated rings. The lowest BCUT2D eigenvalue weighted by Gasteiger charge is -2.29. The summed E-state index contributed by atoms with van der Waals surface area (Å²) >= 11 is 1.36. The number of anilines is 2. The van der Waals surface area contributed by atoms with Gasteiger partial charge in [0.05, 0.1) is 25.0 Å². The van der Waals surface area contributed by atoms with Gasteiger partial charge in [0.1, 0.15) is 11.5 Å². The van der Waals surface area contributed by atoms with Crippen molar-refractivity contribution >= 4 is 28.2 Å². The molecule has 3 aromatic heterocycles. The van der Waals surface area contributed by atoms with Crippen LogP contribution in [0.4, 0.5) is 10.9 Å². The zero-order valence-electron chi connectivity index (χ0n) is 13.3. The molecule has 0 unspecified atom stereocenters. The molecule has 3 aromatic rings. The highest BCUT2D eigenvalue weighted by Crippen LogP contribution is 2.26. The summed E-state index contributed by atoms with van der Waals surface area (Å²) in [7, 11) is 0. The first-order valence-corrected chi connectivity index (χ1v) is 8.78. The van der Waals surface area contributed by atoms with E-state index in [-0.39, 0.29) is 5.91 Å². The van der Waals surface area contributed by atoms with E-state index in [1.807, 2.05) is 11.4 Å². The van der Waals surface area contributed by atoms with Crippen LogP contribution in [0.3, 0.4) is 0 Å². The van der Waals surface area contributed by atoms with Crippen molar-refractivity contribution in [1.82, 2.24) is 9.97 Å². The van der Waals surface area contributed by atoms with Crippen LogP contribution in [-0.4, -0.2) is 42.2 Å². The lowest BCUT2D eigenvalue weighted by molar-refractivity contribution is 0.102. The number of rotatable bonds is 4. The molecule has 1 saturated heterocycles. The Labute approximate surface area is 148 Å². The second-order valence-electron chi connectivity index (χ2n) is 5.44. The summed E-state index contributed by atoms with van der Waals surface area (Å²) in [6.45, 7) is 2.71. The van der Waals surface area contributed by atoms with Crippen LogP contribution in [-0.2, 0) is 4.74 Å². The highest BCUT2D eigenvalue weighted by atomic mass is 32.1. The second-order valence-corrected chi connectivity index (χ2v) is 6.30. The maximum atomic E-state index is 12.7. The van der Waals surface area contributed by atoms with E-state index in [0.29, 0.717) is 41.2 Å². The molecule has 0 saturated carbocycles. The number of pyridine rings is 1. The van der Waals surface area contributed by atoms with E-state index >= 15 is 0 Å². The molecule has 7 nitrogen and oxygen atoms in total. The quantitative estimate of drug-likeness (QED) is 0.774. The molecule has 0 aliphatic carbocycles. The molecule has 1 amide bonds. The van der Waals surface area contributed by atoms with Crippen LogP contribution in [0.15, 0.2) is 46.5 Å². The van der Waals surface area contributed by atoms with Gasteiger partial charge in [-0.25, -0.2) is 9.97 Å². The average molecular weight is 356 g/mol. The summed E-state index contributed by atoms with van der Waals surface area (Å²) in [6.07, 6.45) is 3.29. The van der Waals surface area contributed by atoms with Gasteiger partial charge in [0.15, 0.2) is 10.9 Å². The lowest BCUT2D eigenvalue weighted by atomic mass is 10.2. The van der Waals surface area contributed by atoms with Gasteiger partial charge in [-0.3, -0.25) is 10.1 Å². The molecular formula is C17H16N4O3S. The van der Waals surface area contributed by atoms with Crippen LogP contribution < -0.4 is 10.2 Å². The topological polar surface area (TPSA) is 80.5 Å². The maximum absolute atomic E-state index is 12.7. The zero-order chi connectivity index (χ0) is 17.1. The standard InChI is InChI=1S/C17H16N4O3S/c22-16(20-17-19-13(11-25-17)14-4-2-8-24-14)12-3-1-5-18-15(12)21-6-9-23-10-7-21/h1-5,8,11H,6-7,9-10H2,(H,19,20,22). The number of hydrogen-bond acceptors (Lipinski definition) is 7. The fourth-order valence-electron chi connectivity index (χ4n) is 2.63. The molecule has 0 atom stereocenters. The van der Waals surface area contributed by atoms with E-state index in [4.69, 9.17) is 9.15 Å². The normalized spacial score (nSPS) is 14.5. The second kappa shape index (κ2) is 7.04. The van der Waals surface area contributed by atoms with Gasteiger partial charge < -0.3 is 14.1 Å². The van der Waals surface area contributed by atoms with Gasteiger partial charge in [-0.2, -0.15) is 0 Å². The number of furan rings is 1. The Morgan fingerprint density at radius 1 is 1.24 bits per heavy atom. The van der Waals surface area contributed by atoms with E-state index in [9.17, 15) is 4.79 Å². The number of aromatic nitrogens is 2. The van der Waals surface area contributed by atoms with Gasteiger partial charge in [0.2, 0.25) is 0 Å². The summed E-state index contributed by atoms with van der Waals surface area (Å²) in [4.78, 5) is 23.6. The van der Waals surface area contributed by atoms with Crippen molar-refractivity contribution in [3.63, 3.8) is 0 Å². The number of ether oxygens (including phenoxy) is 1. The minimum Gasteiger partial charge on any atom is -0.463 e. The third-order valence-electron chi connectivity index (χ3n) is 3.84. The summed E-state index contributed by atoms with van der Waals surface area (Å²) in [5, 5.41) is 5.22. The summed E-state index contributed by atoms with van der Waals surface area (Å²) in [6, 6.07) is 7.17. The number of nitrogens with zero attached hydrogens (tertiary/aromatic N) is 3. The molecule has 8 heteroatoms. The predicted octanol–water partition coefficient (Wildman–Crippen LogP) is 2.89. The average Bonchev–Trinajstić information content (AvgIpc) is 3.34. The van der Waals surface area contributed by atoms with E-state index < -0.39 is 0 Å². The van der Waals surface area contributed by atoms with Gasteiger partial charge in [0, 0.05) is 24.7 Å². The fourth-order valence-corrected chi connectivity index (χ4v) is 3.33. The molecule has 128 valence electrons. The number of thiazole rings is 1. The van der Waals surface area contributed by atoms with Crippen molar-refractivity contribution in [2.24, 2.45) is 0 Å². The first-order valence-electron chi connectivity index (χ1n) is 7.90. The molecular weight excluding hydrogens is 340 g/mol. The molecule has 1 N–H and O–H groups in total. The van der Waals surface area contributed by atoms with Crippen LogP contribution in [0, 0.1) is 0 Å². The minimum absolute atomic E-state index is 0.227. The number of amides is 1. The monoisotopic (exact) mass is 356 g/mol. The Bertz CT molecular complexity index is 856. The highest BCUT2D eigenvalue weighted by molar-refractivity contribution is 7.14. The van der Waals surface area contributed by atoms with Crippen LogP contribution in [0.1, 0.15) is 10.4 Å². The minimum atomic E-state index is -0.227. The first-order chi connectivity index (χ1) is 12.3. The Balaban J connectivity index is 1.53. The molecule has 4 heterocycles. The predicted molar refractivity (Wildman–Crippen MR) is 95.0 cm³/mol. The van der Waals surface area contributed by atoms with Crippen molar-refractivity contribution in [2.45, 2.75) is 0 Å². The molecule has 0 aromatic carbocycles. The smallest absolute Gasteiger partial charge is 0.261 e. The molecule has 25 heavy (non-hydrogen) atoms. The Hall–Kier alpha value is -2.71. The van der Waals surface area contributed by atoms with Crippen molar-refractivity contribution in [3.8, 4) is 11.5 Å². The van der Waals surface area contributed by atoms with Crippen LogP contribution in [0.2, 0.25) is 0 Å². The van der Waals surface area contributed by atoms with Gasteiger partial charge in [0.25, 0.3) is 5.91 Å². The number of hydrogen-bond donors (Lipinski definition) is 1. The van der Waals surface area contributed by atoms with Crippen molar-refractivity contribution in [3.05, 3.63) is 47.7 Å². The highest BCUT2D eigenvalue weighted by Gasteiger charge is 2.20. The van der Waals surface area contributed by atoms with Gasteiger partial charge in [-0.1, -0.05) is 0 Å². The van der Waals surface area contributed by atoms with Crippen molar-refractivity contribution in [1.29, 1.82) is 0 Å². The first kappa shape index (κ1) is 15.8. The Morgan fingerprint density at radius 3 is 2.92 bits per heavy atom. The summed E-state index contributed by atoms with van der Waals surface area (Å²) in [5.41, 5.74) is 1.23. The van der Waals surface area contributed by atoms with Gasteiger partial charge in [-0.05, 0) is 24.3 Å². The van der Waals surface area contributed by atoms with E-state index in [2.05, 4.69) is 20.2 Å². The number of carbonyl (C=O) groups excluding carboxylic acids is 1. The lowest BCUT2D eigenvalue weighted by Crippen LogP contribution is -2.38. The largest absolute Gasteiger partial charge is 0.463 e. The Kier molecular flexibility index (Phi) is 4.45. The molecule has 1 aliphatic heterocycles. The van der Waals surface area contributed by atoms with Crippen LogP contribution >= 0.6 is 11.3 Å². The van der Waals surface area contributed by atoms with Crippen LogP contribution in [0.5, 0.6) is 0 Å². The van der Waals surface area contributed by atoms with Crippen molar-refractivity contribution < 1.29 is 13.9 Å². The molecule has 0 bridgehead atoms. The van der Waals surface area contributed by atoms with E-state index in [1.165, 1.54) is 11.3 Å². The number of nitrogens with one attached hydrogen (secondary N) is 1. The van der Waals surface area contributed by atoms with Gasteiger partial charge in [-0.15, -0.1) is 11.3 Å². The number of morpholine rings is 1. The number of carbonyl (C=O) groups is 1. The fraction of sp³-hybridized carbons (Fsp3) is 0.235. The maximum Gasteiger partial charge on any atom is 0.261 e. The van der Waals surface area contributed by atoms with Gasteiger partial charge >= 0.3 is 0 Å². The molecule has 0 spiro atoms. The molecule has 1 aliphatic rings. The van der Waals surface area contributed by atoms with Crippen molar-refractivity contribution in [2.75, 3.05) is 36.5 Å². The summed E-state index contributed by atoms with van der Waals surface area (Å²) < 4.78 is 10.7. The van der Waals surface area contributed by atoms with E-state index in [0.717, 1.165) is 13.1 Å². The SMILES string of the molecule is O=C(Nc1nc(-c2ccco2)cs1)c1cccnc1N1CCOCC1. The molecule has 0 radical (unpaired) electrons.